The second-order valence-electron chi connectivity index (χ2n) is 4.20. The Hall–Kier alpha value is -0.780. The normalized spacial score (nSPS) is 12.8. The molecule has 0 aliphatic carbocycles. The Bertz CT molecular complexity index is 332. The van der Waals surface area contributed by atoms with Gasteiger partial charge < -0.3 is 5.43 Å². The minimum atomic E-state index is 0.563. The second-order valence-corrected chi connectivity index (χ2v) is 5.19. The molecular weight excluding hydrogens is 232 g/mol. The number of nitrogens with two attached hydrogens (primary N) is 1. The quantitative estimate of drug-likeness (QED) is 0.575. The molecule has 5 heteroatoms. The largest absolute Gasteiger partial charge is 0.308 e. The lowest BCUT2D eigenvalue weighted by Crippen LogP contribution is -2.29. The lowest BCUT2D eigenvalue weighted by molar-refractivity contribution is 0.245. The van der Waals surface area contributed by atoms with E-state index in [-0.39, 0.29) is 0 Å². The molecule has 96 valence electrons. The summed E-state index contributed by atoms with van der Waals surface area (Å²) in [4.78, 5) is 6.53. The summed E-state index contributed by atoms with van der Waals surface area (Å²) in [6, 6.07) is 4.56. The zero-order chi connectivity index (χ0) is 12.7. The van der Waals surface area contributed by atoms with Crippen LogP contribution in [0.3, 0.4) is 0 Å². The molecule has 0 saturated heterocycles. The highest BCUT2D eigenvalue weighted by Crippen LogP contribution is 2.15. The van der Waals surface area contributed by atoms with Crippen LogP contribution in [0.2, 0.25) is 0 Å². The molecule has 1 unspecified atom stereocenters. The number of nitrogens with zero attached hydrogens (tertiary/aromatic N) is 2. The average molecular weight is 254 g/mol. The van der Waals surface area contributed by atoms with Gasteiger partial charge in [0.25, 0.3) is 0 Å². The molecule has 1 aromatic heterocycles. The van der Waals surface area contributed by atoms with E-state index in [9.17, 15) is 0 Å². The predicted octanol–water partition coefficient (Wildman–Crippen LogP) is 1.94. The highest BCUT2D eigenvalue weighted by molar-refractivity contribution is 7.98. The number of anilines is 1. The van der Waals surface area contributed by atoms with E-state index in [0.717, 1.165) is 17.9 Å². The van der Waals surface area contributed by atoms with Crippen molar-refractivity contribution in [2.45, 2.75) is 25.9 Å². The van der Waals surface area contributed by atoms with Crippen LogP contribution in [0.15, 0.2) is 18.3 Å². The van der Waals surface area contributed by atoms with Gasteiger partial charge in [-0.05, 0) is 38.5 Å². The van der Waals surface area contributed by atoms with Crippen molar-refractivity contribution in [3.05, 3.63) is 23.9 Å². The lowest BCUT2D eigenvalue weighted by Gasteiger charge is -2.25. The van der Waals surface area contributed by atoms with Crippen LogP contribution < -0.4 is 11.3 Å². The Balaban J connectivity index is 2.57. The summed E-state index contributed by atoms with van der Waals surface area (Å²) in [6.45, 7) is 3.12. The van der Waals surface area contributed by atoms with E-state index in [1.54, 1.807) is 6.20 Å². The van der Waals surface area contributed by atoms with Gasteiger partial charge in [0.05, 0.1) is 0 Å². The van der Waals surface area contributed by atoms with Crippen molar-refractivity contribution >= 4 is 17.6 Å². The van der Waals surface area contributed by atoms with Crippen molar-refractivity contribution in [2.75, 3.05) is 24.5 Å². The summed E-state index contributed by atoms with van der Waals surface area (Å²) in [5.41, 5.74) is 3.77. The van der Waals surface area contributed by atoms with Gasteiger partial charge in [-0.1, -0.05) is 6.07 Å². The highest BCUT2D eigenvalue weighted by atomic mass is 32.2. The van der Waals surface area contributed by atoms with Crippen LogP contribution in [0.4, 0.5) is 5.82 Å². The number of hydrogen-bond acceptors (Lipinski definition) is 5. The molecule has 1 aromatic rings. The van der Waals surface area contributed by atoms with E-state index < -0.39 is 0 Å². The summed E-state index contributed by atoms with van der Waals surface area (Å²) in [5, 5.41) is 0. The third kappa shape index (κ3) is 4.53. The maximum Gasteiger partial charge on any atom is 0.144 e. The lowest BCUT2D eigenvalue weighted by atomic mass is 10.2. The number of aromatic nitrogens is 1. The fourth-order valence-electron chi connectivity index (χ4n) is 1.63. The van der Waals surface area contributed by atoms with Crippen LogP contribution in [-0.4, -0.2) is 35.0 Å². The third-order valence-electron chi connectivity index (χ3n) is 2.94. The number of thioether (sulfide) groups is 1. The van der Waals surface area contributed by atoms with Gasteiger partial charge in [-0.3, -0.25) is 4.90 Å². The third-order valence-corrected chi connectivity index (χ3v) is 3.58. The maximum atomic E-state index is 5.45. The first kappa shape index (κ1) is 14.3. The number of pyridine rings is 1. The molecule has 3 N–H and O–H groups in total. The van der Waals surface area contributed by atoms with Gasteiger partial charge in [0, 0.05) is 24.3 Å². The minimum Gasteiger partial charge on any atom is -0.308 e. The van der Waals surface area contributed by atoms with Gasteiger partial charge in [-0.15, -0.1) is 0 Å². The number of hydrogen-bond donors (Lipinski definition) is 2. The van der Waals surface area contributed by atoms with E-state index in [0.29, 0.717) is 6.04 Å². The van der Waals surface area contributed by atoms with E-state index in [1.807, 2.05) is 17.8 Å². The Morgan fingerprint density at radius 2 is 2.35 bits per heavy atom. The summed E-state index contributed by atoms with van der Waals surface area (Å²) < 4.78 is 0. The summed E-state index contributed by atoms with van der Waals surface area (Å²) >= 11 is 1.89. The molecule has 0 bridgehead atoms. The van der Waals surface area contributed by atoms with Crippen LogP contribution in [0.1, 0.15) is 18.9 Å². The molecule has 1 rings (SSSR count). The second kappa shape index (κ2) is 7.53. The number of rotatable bonds is 7. The molecule has 4 nitrogen and oxygen atoms in total. The first-order valence-electron chi connectivity index (χ1n) is 5.78. The van der Waals surface area contributed by atoms with Crippen LogP contribution in [0.25, 0.3) is 0 Å². The molecule has 1 atom stereocenters. The Morgan fingerprint density at radius 1 is 1.59 bits per heavy atom. The van der Waals surface area contributed by atoms with Crippen LogP contribution in [0.5, 0.6) is 0 Å². The van der Waals surface area contributed by atoms with Crippen molar-refractivity contribution in [1.82, 2.24) is 9.88 Å². The number of nitrogen functional groups attached to an aromatic ring is 1. The van der Waals surface area contributed by atoms with Gasteiger partial charge in [0.1, 0.15) is 5.82 Å². The fraction of sp³-hybridized carbons (Fsp3) is 0.583. The van der Waals surface area contributed by atoms with Gasteiger partial charge in [0.2, 0.25) is 0 Å². The molecule has 0 saturated carbocycles. The molecule has 1 heterocycles. The number of hydrazine groups is 1. The van der Waals surface area contributed by atoms with Gasteiger partial charge in [-0.25, -0.2) is 10.8 Å². The summed E-state index contributed by atoms with van der Waals surface area (Å²) in [7, 11) is 2.14. The summed E-state index contributed by atoms with van der Waals surface area (Å²) in [5.74, 6) is 7.40. The van der Waals surface area contributed by atoms with Crippen molar-refractivity contribution in [3.63, 3.8) is 0 Å². The van der Waals surface area contributed by atoms with Gasteiger partial charge in [-0.2, -0.15) is 11.8 Å². The standard InChI is InChI=1S/C12H22N4S/c1-10(6-8-17-3)16(2)9-11-5-4-7-14-12(11)15-13/h4-5,7,10H,6,8-9,13H2,1-3H3,(H,14,15). The minimum absolute atomic E-state index is 0.563. The molecular formula is C12H22N4S. The van der Waals surface area contributed by atoms with E-state index >= 15 is 0 Å². The Labute approximate surface area is 108 Å². The van der Waals surface area contributed by atoms with E-state index in [2.05, 4.69) is 41.6 Å². The smallest absolute Gasteiger partial charge is 0.144 e. The van der Waals surface area contributed by atoms with Crippen LogP contribution in [-0.2, 0) is 6.54 Å². The molecule has 0 aromatic carbocycles. The molecule has 0 radical (unpaired) electrons. The highest BCUT2D eigenvalue weighted by Gasteiger charge is 2.11. The van der Waals surface area contributed by atoms with Crippen molar-refractivity contribution in [3.8, 4) is 0 Å². The fourth-order valence-corrected chi connectivity index (χ4v) is 2.21. The molecule has 17 heavy (non-hydrogen) atoms. The predicted molar refractivity (Wildman–Crippen MR) is 76.0 cm³/mol. The maximum absolute atomic E-state index is 5.45. The van der Waals surface area contributed by atoms with Crippen molar-refractivity contribution in [1.29, 1.82) is 0 Å². The first-order valence-corrected chi connectivity index (χ1v) is 7.18. The molecule has 0 fully saturated rings. The van der Waals surface area contributed by atoms with Crippen LogP contribution >= 0.6 is 11.8 Å². The topological polar surface area (TPSA) is 54.2 Å². The zero-order valence-corrected chi connectivity index (χ0v) is 11.6. The van der Waals surface area contributed by atoms with Gasteiger partial charge >= 0.3 is 0 Å². The molecule has 0 spiro atoms. The zero-order valence-electron chi connectivity index (χ0n) is 10.8. The molecule has 0 aliphatic heterocycles. The number of nitrogens with one attached hydrogen (secondary N) is 1. The SMILES string of the molecule is CSCCC(C)N(C)Cc1cccnc1NN. The average Bonchev–Trinajstić information content (AvgIpc) is 2.36. The molecule has 0 aliphatic rings. The Kier molecular flexibility index (Phi) is 6.32. The Morgan fingerprint density at radius 3 is 3.00 bits per heavy atom. The van der Waals surface area contributed by atoms with Gasteiger partial charge in [0.15, 0.2) is 0 Å². The molecule has 0 amide bonds. The van der Waals surface area contributed by atoms with E-state index in [1.165, 1.54) is 12.2 Å². The van der Waals surface area contributed by atoms with Crippen molar-refractivity contribution < 1.29 is 0 Å². The first-order chi connectivity index (χ1) is 8.19. The van der Waals surface area contributed by atoms with Crippen molar-refractivity contribution in [2.24, 2.45) is 5.84 Å². The van der Waals surface area contributed by atoms with E-state index in [4.69, 9.17) is 5.84 Å². The summed E-state index contributed by atoms with van der Waals surface area (Å²) in [6.07, 6.45) is 5.09. The monoisotopic (exact) mass is 254 g/mol. The van der Waals surface area contributed by atoms with Crippen LogP contribution in [0, 0.1) is 0 Å².